The third-order valence-corrected chi connectivity index (χ3v) is 4.44. The first kappa shape index (κ1) is 16.5. The molecule has 0 atom stereocenters. The average Bonchev–Trinajstić information content (AvgIpc) is 2.57. The highest BCUT2D eigenvalue weighted by atomic mass is 19.1. The fraction of sp³-hybridized carbons (Fsp3) is 0.316. The van der Waals surface area contributed by atoms with Crippen molar-refractivity contribution in [3.63, 3.8) is 0 Å². The zero-order valence-corrected chi connectivity index (χ0v) is 13.5. The quantitative estimate of drug-likeness (QED) is 0.887. The first-order valence-electron chi connectivity index (χ1n) is 8.24. The first-order valence-corrected chi connectivity index (χ1v) is 8.24. The molecular weight excluding hydrogens is 305 g/mol. The Morgan fingerprint density at radius 1 is 1.17 bits per heavy atom. The van der Waals surface area contributed by atoms with E-state index in [1.54, 1.807) is 6.07 Å². The Kier molecular flexibility index (Phi) is 5.11. The molecule has 0 aliphatic carbocycles. The molecule has 0 aromatic heterocycles. The zero-order chi connectivity index (χ0) is 16.9. The molecule has 4 nitrogen and oxygen atoms in total. The number of nitrogens with two attached hydrogens (primary N) is 1. The van der Waals surface area contributed by atoms with Gasteiger partial charge in [-0.2, -0.15) is 0 Å². The van der Waals surface area contributed by atoms with Crippen LogP contribution in [0, 0.1) is 5.82 Å². The van der Waals surface area contributed by atoms with Crippen molar-refractivity contribution in [3.8, 4) is 0 Å². The van der Waals surface area contributed by atoms with Crippen molar-refractivity contribution in [1.82, 2.24) is 4.90 Å². The smallest absolute Gasteiger partial charge is 0.251 e. The van der Waals surface area contributed by atoms with Crippen molar-refractivity contribution in [2.45, 2.75) is 25.4 Å². The molecule has 1 saturated heterocycles. The molecule has 0 bridgehead atoms. The number of hydrogen-bond donors (Lipinski definition) is 2. The monoisotopic (exact) mass is 327 g/mol. The number of carbonyl (C=O) groups excluding carboxylic acids is 1. The van der Waals surface area contributed by atoms with E-state index in [2.05, 4.69) is 34.5 Å². The zero-order valence-electron chi connectivity index (χ0n) is 13.5. The number of halogens is 1. The van der Waals surface area contributed by atoms with E-state index in [4.69, 9.17) is 5.73 Å². The third kappa shape index (κ3) is 4.11. The minimum absolute atomic E-state index is 0.0711. The minimum Gasteiger partial charge on any atom is -0.382 e. The Morgan fingerprint density at radius 3 is 2.50 bits per heavy atom. The molecule has 1 fully saturated rings. The van der Waals surface area contributed by atoms with Crippen molar-refractivity contribution in [1.29, 1.82) is 0 Å². The van der Waals surface area contributed by atoms with Crippen molar-refractivity contribution in [2.75, 3.05) is 18.4 Å². The van der Waals surface area contributed by atoms with Gasteiger partial charge in [-0.15, -0.1) is 0 Å². The summed E-state index contributed by atoms with van der Waals surface area (Å²) in [6.07, 6.45) is 2.01. The highest BCUT2D eigenvalue weighted by Gasteiger charge is 2.19. The lowest BCUT2D eigenvalue weighted by atomic mass is 10.0. The molecule has 1 amide bonds. The third-order valence-electron chi connectivity index (χ3n) is 4.44. The van der Waals surface area contributed by atoms with E-state index in [9.17, 15) is 9.18 Å². The maximum atomic E-state index is 13.8. The van der Waals surface area contributed by atoms with Gasteiger partial charge in [0.25, 0.3) is 5.91 Å². The fourth-order valence-electron chi connectivity index (χ4n) is 3.12. The van der Waals surface area contributed by atoms with Crippen LogP contribution < -0.4 is 11.1 Å². The highest BCUT2D eigenvalue weighted by Crippen LogP contribution is 2.20. The van der Waals surface area contributed by atoms with Crippen LogP contribution in [0.2, 0.25) is 0 Å². The predicted molar refractivity (Wildman–Crippen MR) is 93.3 cm³/mol. The molecule has 0 unspecified atom stereocenters. The number of rotatable bonds is 5. The second-order valence-electron chi connectivity index (χ2n) is 6.24. The Bertz CT molecular complexity index is 697. The van der Waals surface area contributed by atoms with E-state index in [1.807, 2.05) is 6.07 Å². The minimum atomic E-state index is -0.742. The van der Waals surface area contributed by atoms with Crippen LogP contribution in [0.3, 0.4) is 0 Å². The summed E-state index contributed by atoms with van der Waals surface area (Å²) >= 11 is 0. The van der Waals surface area contributed by atoms with E-state index in [-0.39, 0.29) is 5.56 Å². The van der Waals surface area contributed by atoms with E-state index < -0.39 is 11.7 Å². The summed E-state index contributed by atoms with van der Waals surface area (Å²) in [5.41, 5.74) is 7.07. The topological polar surface area (TPSA) is 58.4 Å². The summed E-state index contributed by atoms with van der Waals surface area (Å²) in [6.45, 7) is 2.98. The van der Waals surface area contributed by atoms with Gasteiger partial charge in [-0.05, 0) is 36.6 Å². The lowest BCUT2D eigenvalue weighted by Crippen LogP contribution is -2.38. The van der Waals surface area contributed by atoms with Crippen LogP contribution in [-0.4, -0.2) is 29.9 Å². The van der Waals surface area contributed by atoms with Crippen LogP contribution in [0.1, 0.15) is 28.8 Å². The molecule has 24 heavy (non-hydrogen) atoms. The number of carbonyl (C=O) groups is 1. The van der Waals surface area contributed by atoms with Gasteiger partial charge < -0.3 is 11.1 Å². The van der Waals surface area contributed by atoms with Crippen molar-refractivity contribution in [2.24, 2.45) is 5.73 Å². The first-order chi connectivity index (χ1) is 11.6. The Hall–Kier alpha value is -2.40. The molecule has 1 heterocycles. The lowest BCUT2D eigenvalue weighted by molar-refractivity contribution is 0.0996. The summed E-state index contributed by atoms with van der Waals surface area (Å²) in [6, 6.07) is 15.3. The maximum Gasteiger partial charge on any atom is 0.251 e. The fourth-order valence-corrected chi connectivity index (χ4v) is 3.12. The Morgan fingerprint density at radius 2 is 1.88 bits per heavy atom. The Balaban J connectivity index is 1.52. The summed E-state index contributed by atoms with van der Waals surface area (Å²) in [7, 11) is 0. The number of amides is 1. The molecule has 1 aliphatic rings. The molecule has 0 spiro atoms. The summed E-state index contributed by atoms with van der Waals surface area (Å²) in [5.74, 6) is -1.32. The standard InChI is InChI=1S/C19H22FN3O/c20-18-12-16(6-7-17(18)19(21)24)22-15-8-10-23(11-9-15)13-14-4-2-1-3-5-14/h1-7,12,15,22H,8-11,13H2,(H2,21,24). The number of nitrogens with zero attached hydrogens (tertiary/aromatic N) is 1. The maximum absolute atomic E-state index is 13.8. The number of hydrogen-bond acceptors (Lipinski definition) is 3. The van der Waals surface area contributed by atoms with Crippen molar-refractivity contribution < 1.29 is 9.18 Å². The second-order valence-corrected chi connectivity index (χ2v) is 6.24. The van der Waals surface area contributed by atoms with Gasteiger partial charge in [0.15, 0.2) is 0 Å². The van der Waals surface area contributed by atoms with Gasteiger partial charge in [-0.3, -0.25) is 9.69 Å². The molecule has 126 valence electrons. The van der Waals surface area contributed by atoms with E-state index in [0.29, 0.717) is 11.7 Å². The number of nitrogens with one attached hydrogen (secondary N) is 1. The lowest BCUT2D eigenvalue weighted by Gasteiger charge is -2.33. The van der Waals surface area contributed by atoms with Crippen LogP contribution in [0.15, 0.2) is 48.5 Å². The number of anilines is 1. The molecule has 2 aromatic rings. The highest BCUT2D eigenvalue weighted by molar-refractivity contribution is 5.93. The van der Waals surface area contributed by atoms with Gasteiger partial charge in [0, 0.05) is 31.4 Å². The average molecular weight is 327 g/mol. The largest absolute Gasteiger partial charge is 0.382 e. The molecular formula is C19H22FN3O. The van der Waals surface area contributed by atoms with Crippen molar-refractivity contribution >= 4 is 11.6 Å². The molecule has 2 aromatic carbocycles. The summed E-state index contributed by atoms with van der Waals surface area (Å²) < 4.78 is 13.8. The molecule has 3 rings (SSSR count). The van der Waals surface area contributed by atoms with Crippen LogP contribution in [0.4, 0.5) is 10.1 Å². The number of primary amides is 1. The van der Waals surface area contributed by atoms with Crippen LogP contribution in [0.5, 0.6) is 0 Å². The number of piperidine rings is 1. The molecule has 5 heteroatoms. The van der Waals surface area contributed by atoms with E-state index >= 15 is 0 Å². The molecule has 1 aliphatic heterocycles. The summed E-state index contributed by atoms with van der Waals surface area (Å²) in [5, 5.41) is 3.35. The van der Waals surface area contributed by atoms with Gasteiger partial charge in [0.1, 0.15) is 5.82 Å². The van der Waals surface area contributed by atoms with Gasteiger partial charge in [-0.25, -0.2) is 4.39 Å². The Labute approximate surface area is 141 Å². The molecule has 0 saturated carbocycles. The number of likely N-dealkylation sites (tertiary alicyclic amines) is 1. The molecule has 0 radical (unpaired) electrons. The van der Waals surface area contributed by atoms with Crippen LogP contribution in [-0.2, 0) is 6.54 Å². The number of benzene rings is 2. The van der Waals surface area contributed by atoms with Gasteiger partial charge in [0.05, 0.1) is 5.56 Å². The normalized spacial score (nSPS) is 16.0. The van der Waals surface area contributed by atoms with Gasteiger partial charge >= 0.3 is 0 Å². The van der Waals surface area contributed by atoms with Gasteiger partial charge in [-0.1, -0.05) is 30.3 Å². The van der Waals surface area contributed by atoms with E-state index in [1.165, 1.54) is 17.7 Å². The summed E-state index contributed by atoms with van der Waals surface area (Å²) in [4.78, 5) is 13.5. The van der Waals surface area contributed by atoms with E-state index in [0.717, 1.165) is 32.5 Å². The second kappa shape index (κ2) is 7.45. The SMILES string of the molecule is NC(=O)c1ccc(NC2CCN(Cc3ccccc3)CC2)cc1F. The van der Waals surface area contributed by atoms with Crippen LogP contribution in [0.25, 0.3) is 0 Å². The molecule has 3 N–H and O–H groups in total. The van der Waals surface area contributed by atoms with Crippen molar-refractivity contribution in [3.05, 3.63) is 65.5 Å². The van der Waals surface area contributed by atoms with Gasteiger partial charge in [0.2, 0.25) is 0 Å². The predicted octanol–water partition coefficient (Wildman–Crippen LogP) is 3.00. The van der Waals surface area contributed by atoms with Crippen LogP contribution >= 0.6 is 0 Å².